The molecule has 1 heterocycles. The summed E-state index contributed by atoms with van der Waals surface area (Å²) in [5.74, 6) is 0. The number of hydrogen-bond donors (Lipinski definition) is 1. The third kappa shape index (κ3) is 4.04. The molecule has 0 bridgehead atoms. The Labute approximate surface area is 127 Å². The van der Waals surface area contributed by atoms with Gasteiger partial charge in [-0.05, 0) is 12.0 Å². The van der Waals surface area contributed by atoms with Crippen molar-refractivity contribution in [1.82, 2.24) is 0 Å². The van der Waals surface area contributed by atoms with Crippen LogP contribution in [0.4, 0.5) is 0 Å². The Bertz CT molecular complexity index is 418. The molecular weight excluding hydrogens is 268 g/mol. The Morgan fingerprint density at radius 2 is 2.00 bits per heavy atom. The second-order valence-corrected chi connectivity index (χ2v) is 6.14. The molecule has 21 heavy (non-hydrogen) atoms. The second kappa shape index (κ2) is 7.36. The second-order valence-electron chi connectivity index (χ2n) is 6.14. The predicted octanol–water partition coefficient (Wildman–Crippen LogP) is 2.74. The van der Waals surface area contributed by atoms with E-state index in [2.05, 4.69) is 26.0 Å². The minimum Gasteiger partial charge on any atom is -0.396 e. The molecule has 0 aliphatic carbocycles. The number of rotatable bonds is 6. The van der Waals surface area contributed by atoms with Crippen LogP contribution in [0.3, 0.4) is 0 Å². The van der Waals surface area contributed by atoms with Crippen LogP contribution in [-0.2, 0) is 20.8 Å². The summed E-state index contributed by atoms with van der Waals surface area (Å²) in [6.07, 6.45) is 1.00. The van der Waals surface area contributed by atoms with E-state index in [4.69, 9.17) is 14.2 Å². The van der Waals surface area contributed by atoms with Crippen LogP contribution in [0.2, 0.25) is 0 Å². The average Bonchev–Trinajstić information content (AvgIpc) is 2.49. The zero-order valence-electron chi connectivity index (χ0n) is 13.1. The molecule has 0 aromatic heterocycles. The van der Waals surface area contributed by atoms with Gasteiger partial charge in [0.05, 0.1) is 18.8 Å². The first-order chi connectivity index (χ1) is 10.1. The highest BCUT2D eigenvalue weighted by Gasteiger charge is 2.45. The lowest BCUT2D eigenvalue weighted by molar-refractivity contribution is -0.262. The molecule has 118 valence electrons. The van der Waals surface area contributed by atoms with Crippen molar-refractivity contribution in [2.45, 2.75) is 51.8 Å². The van der Waals surface area contributed by atoms with Gasteiger partial charge in [-0.1, -0.05) is 44.2 Å². The average molecular weight is 294 g/mol. The SMILES string of the molecule is CO[C@@H]1C[C@H](OCc2ccccc2)C(C)(C)[C@H](CCO)O1. The van der Waals surface area contributed by atoms with Gasteiger partial charge in [0.2, 0.25) is 0 Å². The van der Waals surface area contributed by atoms with Crippen molar-refractivity contribution >= 4 is 0 Å². The van der Waals surface area contributed by atoms with E-state index in [1.807, 2.05) is 18.2 Å². The molecule has 1 aliphatic heterocycles. The Morgan fingerprint density at radius 1 is 1.29 bits per heavy atom. The fourth-order valence-corrected chi connectivity index (χ4v) is 2.86. The molecule has 1 N–H and O–H groups in total. The van der Waals surface area contributed by atoms with Crippen molar-refractivity contribution in [2.75, 3.05) is 13.7 Å². The van der Waals surface area contributed by atoms with Gasteiger partial charge in [0, 0.05) is 25.6 Å². The Morgan fingerprint density at radius 3 is 2.62 bits per heavy atom. The van der Waals surface area contributed by atoms with E-state index in [9.17, 15) is 5.11 Å². The minimum absolute atomic E-state index is 0.0351. The molecule has 0 radical (unpaired) electrons. The van der Waals surface area contributed by atoms with Gasteiger partial charge in [-0.3, -0.25) is 0 Å². The number of aliphatic hydroxyl groups excluding tert-OH is 1. The maximum absolute atomic E-state index is 9.24. The van der Waals surface area contributed by atoms with Crippen molar-refractivity contribution < 1.29 is 19.3 Å². The molecule has 4 heteroatoms. The first-order valence-corrected chi connectivity index (χ1v) is 7.52. The van der Waals surface area contributed by atoms with Gasteiger partial charge >= 0.3 is 0 Å². The molecule has 0 amide bonds. The molecule has 1 aromatic rings. The van der Waals surface area contributed by atoms with Crippen LogP contribution in [-0.4, -0.2) is 37.3 Å². The summed E-state index contributed by atoms with van der Waals surface area (Å²) < 4.78 is 17.4. The Kier molecular flexibility index (Phi) is 5.76. The zero-order chi connectivity index (χ0) is 15.3. The van der Waals surface area contributed by atoms with Crippen molar-refractivity contribution in [2.24, 2.45) is 5.41 Å². The van der Waals surface area contributed by atoms with Crippen LogP contribution in [0.5, 0.6) is 0 Å². The van der Waals surface area contributed by atoms with Gasteiger partial charge in [-0.2, -0.15) is 0 Å². The Hall–Kier alpha value is -0.940. The quantitative estimate of drug-likeness (QED) is 0.876. The fraction of sp³-hybridized carbons (Fsp3) is 0.647. The third-order valence-corrected chi connectivity index (χ3v) is 4.33. The maximum Gasteiger partial charge on any atom is 0.160 e. The van der Waals surface area contributed by atoms with E-state index in [-0.39, 0.29) is 30.5 Å². The van der Waals surface area contributed by atoms with E-state index in [0.717, 1.165) is 5.56 Å². The molecule has 1 fully saturated rings. The highest BCUT2D eigenvalue weighted by molar-refractivity contribution is 5.13. The van der Waals surface area contributed by atoms with Crippen LogP contribution >= 0.6 is 0 Å². The number of benzene rings is 1. The van der Waals surface area contributed by atoms with Crippen LogP contribution < -0.4 is 0 Å². The molecule has 0 saturated carbocycles. The van der Waals surface area contributed by atoms with Crippen LogP contribution in [0, 0.1) is 5.41 Å². The van der Waals surface area contributed by atoms with Gasteiger partial charge in [-0.15, -0.1) is 0 Å². The minimum atomic E-state index is -0.268. The number of methoxy groups -OCH3 is 1. The standard InChI is InChI=1S/C17H26O4/c1-17(2)14(9-10-18)21-16(19-3)11-15(17)20-12-13-7-5-4-6-8-13/h4-8,14-16,18H,9-12H2,1-3H3/t14-,15-,16-/m0/s1. The predicted molar refractivity (Wildman–Crippen MR) is 80.8 cm³/mol. The zero-order valence-corrected chi connectivity index (χ0v) is 13.1. The molecule has 3 atom stereocenters. The van der Waals surface area contributed by atoms with Crippen molar-refractivity contribution in [3.63, 3.8) is 0 Å². The maximum atomic E-state index is 9.24. The number of aliphatic hydroxyl groups is 1. The van der Waals surface area contributed by atoms with E-state index >= 15 is 0 Å². The van der Waals surface area contributed by atoms with Gasteiger partial charge in [0.1, 0.15) is 0 Å². The van der Waals surface area contributed by atoms with Crippen LogP contribution in [0.1, 0.15) is 32.3 Å². The monoisotopic (exact) mass is 294 g/mol. The fourth-order valence-electron chi connectivity index (χ4n) is 2.86. The summed E-state index contributed by atoms with van der Waals surface area (Å²) in [6.45, 7) is 4.96. The Balaban J connectivity index is 2.04. The highest BCUT2D eigenvalue weighted by atomic mass is 16.7. The lowest BCUT2D eigenvalue weighted by Gasteiger charge is -2.47. The van der Waals surface area contributed by atoms with E-state index in [1.54, 1.807) is 7.11 Å². The summed E-state index contributed by atoms with van der Waals surface area (Å²) in [5.41, 5.74) is 1.000. The van der Waals surface area contributed by atoms with Crippen molar-refractivity contribution in [3.8, 4) is 0 Å². The van der Waals surface area contributed by atoms with Gasteiger partial charge < -0.3 is 19.3 Å². The molecule has 0 unspecified atom stereocenters. The van der Waals surface area contributed by atoms with Crippen LogP contribution in [0.15, 0.2) is 30.3 Å². The topological polar surface area (TPSA) is 47.9 Å². The molecule has 0 spiro atoms. The normalized spacial score (nSPS) is 28.5. The molecule has 4 nitrogen and oxygen atoms in total. The van der Waals surface area contributed by atoms with E-state index in [0.29, 0.717) is 19.4 Å². The van der Waals surface area contributed by atoms with Gasteiger partial charge in [-0.25, -0.2) is 0 Å². The number of hydrogen-bond acceptors (Lipinski definition) is 4. The third-order valence-electron chi connectivity index (χ3n) is 4.33. The molecule has 1 saturated heterocycles. The van der Waals surface area contributed by atoms with Crippen molar-refractivity contribution in [3.05, 3.63) is 35.9 Å². The van der Waals surface area contributed by atoms with E-state index < -0.39 is 0 Å². The van der Waals surface area contributed by atoms with Crippen molar-refractivity contribution in [1.29, 1.82) is 0 Å². The van der Waals surface area contributed by atoms with E-state index in [1.165, 1.54) is 0 Å². The first kappa shape index (κ1) is 16.4. The molecule has 1 aliphatic rings. The largest absolute Gasteiger partial charge is 0.396 e. The lowest BCUT2D eigenvalue weighted by Crippen LogP contribution is -2.52. The smallest absolute Gasteiger partial charge is 0.160 e. The molecular formula is C17H26O4. The summed E-state index contributed by atoms with van der Waals surface area (Å²) in [4.78, 5) is 0. The first-order valence-electron chi connectivity index (χ1n) is 7.52. The van der Waals surface area contributed by atoms with Gasteiger partial charge in [0.15, 0.2) is 6.29 Å². The number of ether oxygens (including phenoxy) is 3. The molecule has 1 aromatic carbocycles. The summed E-state index contributed by atoms with van der Waals surface area (Å²) in [5, 5.41) is 9.24. The highest BCUT2D eigenvalue weighted by Crippen LogP contribution is 2.40. The lowest BCUT2D eigenvalue weighted by atomic mass is 9.76. The van der Waals surface area contributed by atoms with Gasteiger partial charge in [0.25, 0.3) is 0 Å². The summed E-state index contributed by atoms with van der Waals surface area (Å²) in [7, 11) is 1.65. The van der Waals surface area contributed by atoms with Crippen LogP contribution in [0.25, 0.3) is 0 Å². The molecule has 2 rings (SSSR count). The summed E-state index contributed by atoms with van der Waals surface area (Å²) >= 11 is 0. The summed E-state index contributed by atoms with van der Waals surface area (Å²) in [6, 6.07) is 10.2.